The van der Waals surface area contributed by atoms with Crippen LogP contribution in [0.5, 0.6) is 5.75 Å². The van der Waals surface area contributed by atoms with Gasteiger partial charge >= 0.3 is 5.97 Å². The molecule has 1 saturated carbocycles. The lowest BCUT2D eigenvalue weighted by Crippen LogP contribution is -2.36. The number of hydrogen-bond acceptors (Lipinski definition) is 8. The third-order valence-electron chi connectivity index (χ3n) is 7.27. The van der Waals surface area contributed by atoms with Crippen LogP contribution in [0.25, 0.3) is 11.0 Å². The molecule has 1 saturated heterocycles. The molecule has 0 amide bonds. The Morgan fingerprint density at radius 2 is 1.81 bits per heavy atom. The molecule has 1 aromatic heterocycles. The summed E-state index contributed by atoms with van der Waals surface area (Å²) in [7, 11) is 1.40. The average Bonchev–Trinajstić information content (AvgIpc) is 2.89. The number of nitrogens with zero attached hydrogens (tertiary/aromatic N) is 3. The van der Waals surface area contributed by atoms with Gasteiger partial charge in [-0.25, -0.2) is 4.98 Å². The molecule has 2 heterocycles. The van der Waals surface area contributed by atoms with Crippen LogP contribution in [0.2, 0.25) is 0 Å². The number of ether oxygens (including phenoxy) is 3. The van der Waals surface area contributed by atoms with Gasteiger partial charge in [0, 0.05) is 50.1 Å². The van der Waals surface area contributed by atoms with E-state index in [2.05, 4.69) is 40.8 Å². The van der Waals surface area contributed by atoms with Crippen molar-refractivity contribution in [2.24, 2.45) is 17.8 Å². The highest BCUT2D eigenvalue weighted by Crippen LogP contribution is 2.35. The predicted octanol–water partition coefficient (Wildman–Crippen LogP) is 4.59. The largest absolute Gasteiger partial charge is 0.488 e. The van der Waals surface area contributed by atoms with E-state index in [1.165, 1.54) is 7.11 Å². The number of rotatable bonds is 10. The summed E-state index contributed by atoms with van der Waals surface area (Å²) in [5.41, 5.74) is 2.70. The van der Waals surface area contributed by atoms with E-state index in [1.807, 2.05) is 0 Å². The maximum absolute atomic E-state index is 12.8. The van der Waals surface area contributed by atoms with Crippen molar-refractivity contribution >= 4 is 28.5 Å². The van der Waals surface area contributed by atoms with Crippen molar-refractivity contribution in [2.75, 3.05) is 38.3 Å². The van der Waals surface area contributed by atoms with Crippen molar-refractivity contribution in [1.29, 1.82) is 0 Å². The number of Topliss-reactive ketones (excluding diaryl/α,β-unsaturated/α-hetero) is 1. The van der Waals surface area contributed by atoms with E-state index in [0.29, 0.717) is 24.7 Å². The lowest BCUT2D eigenvalue weighted by Gasteiger charge is -2.31. The highest BCUT2D eigenvalue weighted by molar-refractivity contribution is 5.85. The number of morpholine rings is 1. The quantitative estimate of drug-likeness (QED) is 0.440. The Morgan fingerprint density at radius 3 is 2.50 bits per heavy atom. The Labute approximate surface area is 213 Å². The van der Waals surface area contributed by atoms with Gasteiger partial charge in [0.25, 0.3) is 0 Å². The van der Waals surface area contributed by atoms with Gasteiger partial charge in [0.1, 0.15) is 17.0 Å². The number of benzene rings is 1. The molecule has 8 nitrogen and oxygen atoms in total. The molecule has 0 unspecified atom stereocenters. The Morgan fingerprint density at radius 1 is 1.08 bits per heavy atom. The first-order chi connectivity index (χ1) is 17.4. The summed E-state index contributed by atoms with van der Waals surface area (Å²) in [5.74, 6) is 1.01. The van der Waals surface area contributed by atoms with E-state index >= 15 is 0 Å². The molecule has 2 aliphatic rings. The molecule has 36 heavy (non-hydrogen) atoms. The molecular formula is C28H39N3O5. The zero-order valence-electron chi connectivity index (χ0n) is 21.8. The van der Waals surface area contributed by atoms with E-state index in [1.54, 1.807) is 12.4 Å². The van der Waals surface area contributed by atoms with Crippen LogP contribution < -0.4 is 9.64 Å². The zero-order chi connectivity index (χ0) is 25.5. The fraction of sp³-hybridized carbons (Fsp3) is 0.643. The minimum absolute atomic E-state index is 0.0882. The van der Waals surface area contributed by atoms with Crippen molar-refractivity contribution < 1.29 is 23.8 Å². The molecule has 196 valence electrons. The fourth-order valence-corrected chi connectivity index (χ4v) is 5.43. The molecule has 0 radical (unpaired) electrons. The highest BCUT2D eigenvalue weighted by Gasteiger charge is 2.28. The van der Waals surface area contributed by atoms with Crippen LogP contribution in [0.1, 0.15) is 58.8 Å². The number of hydrogen-bond donors (Lipinski definition) is 0. The maximum Gasteiger partial charge on any atom is 0.309 e. The van der Waals surface area contributed by atoms with E-state index in [4.69, 9.17) is 14.2 Å². The fourth-order valence-electron chi connectivity index (χ4n) is 5.43. The number of ketones is 1. The lowest BCUT2D eigenvalue weighted by molar-refractivity contribution is -0.147. The van der Waals surface area contributed by atoms with Crippen LogP contribution >= 0.6 is 0 Å². The van der Waals surface area contributed by atoms with Crippen molar-refractivity contribution in [3.8, 4) is 5.75 Å². The molecule has 1 aromatic carbocycles. The van der Waals surface area contributed by atoms with Crippen molar-refractivity contribution in [3.05, 3.63) is 24.5 Å². The van der Waals surface area contributed by atoms with Gasteiger partial charge < -0.3 is 19.1 Å². The molecule has 1 atom stereocenters. The van der Waals surface area contributed by atoms with Crippen LogP contribution in [-0.2, 0) is 19.1 Å². The summed E-state index contributed by atoms with van der Waals surface area (Å²) in [6.45, 7) is 7.25. The third kappa shape index (κ3) is 6.93. The summed E-state index contributed by atoms with van der Waals surface area (Å²) in [6.07, 6.45) is 8.66. The molecule has 8 heteroatoms. The molecule has 0 spiro atoms. The summed E-state index contributed by atoms with van der Waals surface area (Å²) in [5, 5.41) is 0. The Hall–Kier alpha value is -2.74. The third-order valence-corrected chi connectivity index (χ3v) is 7.27. The first kappa shape index (κ1) is 26.3. The van der Waals surface area contributed by atoms with Crippen LogP contribution in [0.3, 0.4) is 0 Å². The average molecular weight is 498 g/mol. The number of esters is 1. The monoisotopic (exact) mass is 497 g/mol. The molecular weight excluding hydrogens is 458 g/mol. The number of fused-ring (bicyclic) bond motifs is 1. The van der Waals surface area contributed by atoms with Gasteiger partial charge in [-0.2, -0.15) is 0 Å². The molecule has 0 N–H and O–H groups in total. The zero-order valence-corrected chi connectivity index (χ0v) is 21.8. The van der Waals surface area contributed by atoms with Gasteiger partial charge in [0.05, 0.1) is 37.9 Å². The summed E-state index contributed by atoms with van der Waals surface area (Å²) >= 11 is 0. The Bertz CT molecular complexity index is 1030. The molecule has 2 fully saturated rings. The van der Waals surface area contributed by atoms with Crippen molar-refractivity contribution in [3.63, 3.8) is 0 Å². The maximum atomic E-state index is 12.8. The number of methoxy groups -OCH3 is 1. The van der Waals surface area contributed by atoms with Crippen molar-refractivity contribution in [2.45, 2.75) is 64.9 Å². The van der Waals surface area contributed by atoms with Crippen molar-refractivity contribution in [1.82, 2.24) is 9.97 Å². The molecule has 0 bridgehead atoms. The van der Waals surface area contributed by atoms with Gasteiger partial charge in [-0.1, -0.05) is 13.8 Å². The van der Waals surface area contributed by atoms with Gasteiger partial charge in [-0.15, -0.1) is 0 Å². The molecule has 1 aliphatic heterocycles. The normalized spacial score (nSPS) is 21.4. The number of anilines is 1. The Balaban J connectivity index is 1.34. The standard InChI is InChI=1S/C28H39N3O5/c1-19(2)14-21(28(33)34-3)16-23(32)15-20-4-6-24(7-5-20)36-26-18-22(31-10-12-35-13-11-31)17-25-27(26)30-9-8-29-25/h8-9,17-21,24H,4-7,10-16H2,1-3H3/t20?,21-,24?/m1/s1. The van der Waals surface area contributed by atoms with Gasteiger partial charge in [0.15, 0.2) is 0 Å². The minimum atomic E-state index is -0.338. The smallest absolute Gasteiger partial charge is 0.309 e. The van der Waals surface area contributed by atoms with E-state index < -0.39 is 0 Å². The second-order valence-electron chi connectivity index (χ2n) is 10.5. The summed E-state index contributed by atoms with van der Waals surface area (Å²) in [6, 6.07) is 4.16. The van der Waals surface area contributed by atoms with E-state index in [9.17, 15) is 9.59 Å². The lowest BCUT2D eigenvalue weighted by atomic mass is 9.82. The second kappa shape index (κ2) is 12.5. The Kier molecular flexibility index (Phi) is 9.13. The minimum Gasteiger partial charge on any atom is -0.488 e. The van der Waals surface area contributed by atoms with Gasteiger partial charge in [-0.05, 0) is 50.0 Å². The van der Waals surface area contributed by atoms with E-state index in [0.717, 1.165) is 74.5 Å². The molecule has 4 rings (SSSR count). The highest BCUT2D eigenvalue weighted by atomic mass is 16.5. The molecule has 2 aromatic rings. The van der Waals surface area contributed by atoms with Crippen LogP contribution in [-0.4, -0.2) is 61.2 Å². The van der Waals surface area contributed by atoms with E-state index in [-0.39, 0.29) is 30.2 Å². The van der Waals surface area contributed by atoms with Crippen LogP contribution in [0, 0.1) is 17.8 Å². The van der Waals surface area contributed by atoms with Gasteiger partial charge in [0.2, 0.25) is 0 Å². The summed E-state index contributed by atoms with van der Waals surface area (Å²) in [4.78, 5) is 36.2. The second-order valence-corrected chi connectivity index (χ2v) is 10.5. The number of carbonyl (C=O) groups is 2. The predicted molar refractivity (Wildman–Crippen MR) is 138 cm³/mol. The molecule has 1 aliphatic carbocycles. The summed E-state index contributed by atoms with van der Waals surface area (Å²) < 4.78 is 16.9. The van der Waals surface area contributed by atoms with Crippen LogP contribution in [0.15, 0.2) is 24.5 Å². The van der Waals surface area contributed by atoms with Gasteiger partial charge in [-0.3, -0.25) is 14.6 Å². The van der Waals surface area contributed by atoms with Crippen LogP contribution in [0.4, 0.5) is 5.69 Å². The number of aromatic nitrogens is 2. The number of carbonyl (C=O) groups excluding carboxylic acids is 2. The topological polar surface area (TPSA) is 90.9 Å². The first-order valence-electron chi connectivity index (χ1n) is 13.3. The SMILES string of the molecule is COC(=O)[C@@H](CC(=O)CC1CCC(Oc2cc(N3CCOCC3)cc3nccnc23)CC1)CC(C)C. The first-order valence-corrected chi connectivity index (χ1v) is 13.3.